The quantitative estimate of drug-likeness (QED) is 0.718. The number of fused-ring (bicyclic) bond motifs is 2. The van der Waals surface area contributed by atoms with Gasteiger partial charge in [0.15, 0.2) is 6.29 Å². The van der Waals surface area contributed by atoms with Crippen LogP contribution in [0.5, 0.6) is 0 Å². The van der Waals surface area contributed by atoms with Gasteiger partial charge in [-0.05, 0) is 33.6 Å². The Bertz CT molecular complexity index is 745. The topological polar surface area (TPSA) is 60.5 Å². The Morgan fingerprint density at radius 2 is 1.93 bits per heavy atom. The third-order valence-corrected chi connectivity index (χ3v) is 5.83. The molecule has 4 rings (SSSR count). The Hall–Kier alpha value is -1.63. The molecule has 1 spiro atoms. The summed E-state index contributed by atoms with van der Waals surface area (Å²) in [6.45, 7) is 12.8. The number of hydrogen-bond acceptors (Lipinski definition) is 5. The lowest BCUT2D eigenvalue weighted by atomic mass is 9.81. The molecule has 0 aromatic heterocycles. The van der Waals surface area contributed by atoms with Crippen LogP contribution in [-0.4, -0.2) is 53.1 Å². The van der Waals surface area contributed by atoms with E-state index >= 15 is 0 Å². The summed E-state index contributed by atoms with van der Waals surface area (Å²) in [6, 6.07) is 9.91. The van der Waals surface area contributed by atoms with Crippen LogP contribution in [0.3, 0.4) is 0 Å². The number of carbonyl (C=O) groups is 1. The van der Waals surface area contributed by atoms with Gasteiger partial charge in [-0.1, -0.05) is 44.2 Å². The van der Waals surface area contributed by atoms with Crippen LogP contribution < -0.4 is 0 Å². The van der Waals surface area contributed by atoms with E-state index in [-0.39, 0.29) is 29.8 Å². The molecule has 3 fully saturated rings. The SMILES string of the molecule is CC(C)[C@@H]1O[C@H](c2ccccc2)OC[C@]12[C@H]1O[C@@]1(C)CN2C(=O)OC(C)(C)C. The maximum Gasteiger partial charge on any atom is 0.411 e. The van der Waals surface area contributed by atoms with Crippen LogP contribution >= 0.6 is 0 Å². The monoisotopic (exact) mass is 389 g/mol. The summed E-state index contributed by atoms with van der Waals surface area (Å²) < 4.78 is 24.4. The lowest BCUT2D eigenvalue weighted by molar-refractivity contribution is -0.283. The number of carbonyl (C=O) groups excluding carboxylic acids is 1. The lowest BCUT2D eigenvalue weighted by Crippen LogP contribution is -2.67. The normalized spacial score (nSPS) is 37.2. The van der Waals surface area contributed by atoms with E-state index < -0.39 is 17.4 Å². The smallest absolute Gasteiger partial charge is 0.411 e. The molecule has 3 saturated heterocycles. The zero-order chi connectivity index (χ0) is 20.3. The van der Waals surface area contributed by atoms with Crippen LogP contribution in [-0.2, 0) is 18.9 Å². The number of ether oxygens (including phenoxy) is 4. The van der Waals surface area contributed by atoms with E-state index in [4.69, 9.17) is 18.9 Å². The van der Waals surface area contributed by atoms with E-state index in [0.717, 1.165) is 5.56 Å². The van der Waals surface area contributed by atoms with Gasteiger partial charge in [0.05, 0.1) is 19.3 Å². The predicted molar refractivity (Wildman–Crippen MR) is 104 cm³/mol. The average Bonchev–Trinajstić information content (AvgIpc) is 3.24. The van der Waals surface area contributed by atoms with Crippen LogP contribution in [0.4, 0.5) is 4.79 Å². The van der Waals surface area contributed by atoms with Gasteiger partial charge in [0.1, 0.15) is 22.8 Å². The molecule has 3 heterocycles. The lowest BCUT2D eigenvalue weighted by Gasteiger charge is -2.50. The number of hydrogen-bond donors (Lipinski definition) is 0. The van der Waals surface area contributed by atoms with Gasteiger partial charge < -0.3 is 18.9 Å². The molecule has 3 aliphatic heterocycles. The molecular formula is C22H31NO5. The first-order valence-electron chi connectivity index (χ1n) is 10.1. The Morgan fingerprint density at radius 1 is 1.25 bits per heavy atom. The third kappa shape index (κ3) is 3.11. The maximum atomic E-state index is 13.1. The average molecular weight is 389 g/mol. The van der Waals surface area contributed by atoms with Crippen molar-refractivity contribution in [3.8, 4) is 0 Å². The molecule has 0 radical (unpaired) electrons. The van der Waals surface area contributed by atoms with Gasteiger partial charge in [0.2, 0.25) is 0 Å². The molecule has 0 saturated carbocycles. The van der Waals surface area contributed by atoms with E-state index in [1.807, 2.05) is 58.0 Å². The minimum absolute atomic E-state index is 0.114. The van der Waals surface area contributed by atoms with Crippen molar-refractivity contribution in [2.75, 3.05) is 13.2 Å². The van der Waals surface area contributed by atoms with E-state index in [1.165, 1.54) is 0 Å². The van der Waals surface area contributed by atoms with Gasteiger partial charge in [-0.2, -0.15) is 0 Å². The highest BCUT2D eigenvalue weighted by atomic mass is 16.7. The number of amides is 1. The highest BCUT2D eigenvalue weighted by Gasteiger charge is 2.77. The summed E-state index contributed by atoms with van der Waals surface area (Å²) in [5.74, 6) is 0.173. The van der Waals surface area contributed by atoms with Crippen molar-refractivity contribution in [3.63, 3.8) is 0 Å². The summed E-state index contributed by atoms with van der Waals surface area (Å²) >= 11 is 0. The molecule has 1 aromatic carbocycles. The van der Waals surface area contributed by atoms with Gasteiger partial charge in [-0.15, -0.1) is 0 Å². The second kappa shape index (κ2) is 6.44. The van der Waals surface area contributed by atoms with Crippen molar-refractivity contribution in [3.05, 3.63) is 35.9 Å². The molecule has 28 heavy (non-hydrogen) atoms. The molecule has 1 aromatic rings. The molecule has 0 bridgehead atoms. The Labute approximate surface area is 167 Å². The van der Waals surface area contributed by atoms with Crippen molar-refractivity contribution >= 4 is 6.09 Å². The molecule has 6 nitrogen and oxygen atoms in total. The standard InChI is InChI=1S/C22H31NO5/c1-14(2)16-22(13-25-17(26-16)15-10-8-7-9-11-15)18-21(6,27-18)12-23(22)19(24)28-20(3,4)5/h7-11,14,16-18H,12-13H2,1-6H3/t16-,17+,18-,21-,22+/m0/s1. The van der Waals surface area contributed by atoms with Gasteiger partial charge in [-0.25, -0.2) is 4.79 Å². The molecule has 1 amide bonds. The van der Waals surface area contributed by atoms with Gasteiger partial charge in [-0.3, -0.25) is 4.90 Å². The van der Waals surface area contributed by atoms with Crippen LogP contribution in [0.2, 0.25) is 0 Å². The van der Waals surface area contributed by atoms with Crippen molar-refractivity contribution in [1.82, 2.24) is 4.90 Å². The minimum Gasteiger partial charge on any atom is -0.444 e. The number of morpholine rings is 1. The second-order valence-corrected chi connectivity index (χ2v) is 9.72. The van der Waals surface area contributed by atoms with Crippen LogP contribution in [0.25, 0.3) is 0 Å². The first-order valence-corrected chi connectivity index (χ1v) is 10.1. The molecule has 6 heteroatoms. The molecule has 3 aliphatic rings. The Kier molecular flexibility index (Phi) is 4.53. The summed E-state index contributed by atoms with van der Waals surface area (Å²) in [7, 11) is 0. The first kappa shape index (κ1) is 19.7. The highest BCUT2D eigenvalue weighted by molar-refractivity contribution is 5.71. The number of epoxide rings is 1. The van der Waals surface area contributed by atoms with Crippen molar-refractivity contribution in [2.45, 2.75) is 76.8 Å². The maximum absolute atomic E-state index is 13.1. The van der Waals surface area contributed by atoms with Crippen molar-refractivity contribution in [1.29, 1.82) is 0 Å². The predicted octanol–water partition coefficient (Wildman–Crippen LogP) is 3.90. The molecule has 154 valence electrons. The number of benzene rings is 1. The van der Waals surface area contributed by atoms with Crippen LogP contribution in [0, 0.1) is 5.92 Å². The summed E-state index contributed by atoms with van der Waals surface area (Å²) in [5, 5.41) is 0. The van der Waals surface area contributed by atoms with E-state index in [1.54, 1.807) is 4.90 Å². The van der Waals surface area contributed by atoms with Crippen LogP contribution in [0.1, 0.15) is 53.4 Å². The number of nitrogens with zero attached hydrogens (tertiary/aromatic N) is 1. The molecular weight excluding hydrogens is 358 g/mol. The summed E-state index contributed by atoms with van der Waals surface area (Å²) in [6.07, 6.45) is -1.13. The van der Waals surface area contributed by atoms with E-state index in [2.05, 4.69) is 13.8 Å². The van der Waals surface area contributed by atoms with Crippen molar-refractivity contribution < 1.29 is 23.7 Å². The summed E-state index contributed by atoms with van der Waals surface area (Å²) in [4.78, 5) is 14.9. The number of rotatable bonds is 2. The minimum atomic E-state index is -0.684. The second-order valence-electron chi connectivity index (χ2n) is 9.72. The molecule has 0 aliphatic carbocycles. The van der Waals surface area contributed by atoms with Gasteiger partial charge in [0, 0.05) is 5.56 Å². The van der Waals surface area contributed by atoms with Gasteiger partial charge >= 0.3 is 6.09 Å². The zero-order valence-corrected chi connectivity index (χ0v) is 17.6. The Balaban J connectivity index is 1.66. The largest absolute Gasteiger partial charge is 0.444 e. The summed E-state index contributed by atoms with van der Waals surface area (Å²) in [5.41, 5.74) is -0.639. The fourth-order valence-electron chi connectivity index (χ4n) is 4.70. The van der Waals surface area contributed by atoms with E-state index in [9.17, 15) is 4.79 Å². The fraction of sp³-hybridized carbons (Fsp3) is 0.682. The molecule has 5 atom stereocenters. The first-order chi connectivity index (χ1) is 13.1. The fourth-order valence-corrected chi connectivity index (χ4v) is 4.70. The number of likely N-dealkylation sites (tertiary alicyclic amines) is 1. The third-order valence-electron chi connectivity index (χ3n) is 5.83. The zero-order valence-electron chi connectivity index (χ0n) is 17.6. The van der Waals surface area contributed by atoms with Gasteiger partial charge in [0.25, 0.3) is 0 Å². The molecule has 0 N–H and O–H groups in total. The molecule has 0 unspecified atom stereocenters. The van der Waals surface area contributed by atoms with E-state index in [0.29, 0.717) is 13.2 Å². The highest BCUT2D eigenvalue weighted by Crippen LogP contribution is 2.58. The Morgan fingerprint density at radius 3 is 2.54 bits per heavy atom. The van der Waals surface area contributed by atoms with Crippen molar-refractivity contribution in [2.24, 2.45) is 5.92 Å². The van der Waals surface area contributed by atoms with Crippen LogP contribution in [0.15, 0.2) is 30.3 Å².